The quantitative estimate of drug-likeness (QED) is 0.818. The van der Waals surface area contributed by atoms with Crippen molar-refractivity contribution in [1.29, 1.82) is 0 Å². The van der Waals surface area contributed by atoms with Crippen molar-refractivity contribution in [3.8, 4) is 5.75 Å². The van der Waals surface area contributed by atoms with Crippen LogP contribution in [-0.4, -0.2) is 45.7 Å². The summed E-state index contributed by atoms with van der Waals surface area (Å²) in [5.41, 5.74) is 1.77. The standard InChI is InChI=1S/C14H19NO4S/c1-10(16)15-8-6-11-4-5-13(19-2)14(20(3,17)18)12(11)7-9-15/h4-5H,6-9H2,1-3H3. The van der Waals surface area contributed by atoms with Crippen LogP contribution in [0.1, 0.15) is 18.1 Å². The Morgan fingerprint density at radius 3 is 2.45 bits per heavy atom. The van der Waals surface area contributed by atoms with E-state index in [1.165, 1.54) is 20.3 Å². The molecule has 0 atom stereocenters. The third-order valence-corrected chi connectivity index (χ3v) is 4.83. The van der Waals surface area contributed by atoms with Gasteiger partial charge in [-0.1, -0.05) is 6.07 Å². The second kappa shape index (κ2) is 5.44. The number of ether oxygens (including phenoxy) is 1. The topological polar surface area (TPSA) is 63.7 Å². The van der Waals surface area contributed by atoms with E-state index in [0.717, 1.165) is 11.1 Å². The Morgan fingerprint density at radius 1 is 1.25 bits per heavy atom. The fraction of sp³-hybridized carbons (Fsp3) is 0.500. The number of carbonyl (C=O) groups excluding carboxylic acids is 1. The Balaban J connectivity index is 2.53. The minimum Gasteiger partial charge on any atom is -0.495 e. The number of sulfone groups is 1. The Bertz CT molecular complexity index is 637. The number of hydrogen-bond acceptors (Lipinski definition) is 4. The van der Waals surface area contributed by atoms with E-state index in [2.05, 4.69) is 0 Å². The summed E-state index contributed by atoms with van der Waals surface area (Å²) in [6, 6.07) is 3.59. The number of hydrogen-bond donors (Lipinski definition) is 0. The molecule has 1 aliphatic heterocycles. The predicted octanol–water partition coefficient (Wildman–Crippen LogP) is 1.05. The van der Waals surface area contributed by atoms with Gasteiger partial charge in [-0.2, -0.15) is 0 Å². The number of nitrogens with zero attached hydrogens (tertiary/aromatic N) is 1. The van der Waals surface area contributed by atoms with Crippen molar-refractivity contribution in [3.63, 3.8) is 0 Å². The molecule has 0 saturated heterocycles. The van der Waals surface area contributed by atoms with Gasteiger partial charge in [-0.3, -0.25) is 4.79 Å². The molecule has 1 aliphatic rings. The molecule has 0 saturated carbocycles. The number of rotatable bonds is 2. The van der Waals surface area contributed by atoms with E-state index in [-0.39, 0.29) is 10.8 Å². The molecule has 6 heteroatoms. The first-order chi connectivity index (χ1) is 9.34. The van der Waals surface area contributed by atoms with Crippen LogP contribution in [0.3, 0.4) is 0 Å². The molecule has 5 nitrogen and oxygen atoms in total. The molecule has 0 aliphatic carbocycles. The van der Waals surface area contributed by atoms with E-state index < -0.39 is 9.84 Å². The smallest absolute Gasteiger partial charge is 0.219 e. The second-order valence-electron chi connectivity index (χ2n) is 5.01. The normalized spacial score (nSPS) is 15.4. The average molecular weight is 297 g/mol. The van der Waals surface area contributed by atoms with Gasteiger partial charge in [0.15, 0.2) is 9.84 Å². The average Bonchev–Trinajstić information content (AvgIpc) is 2.58. The van der Waals surface area contributed by atoms with Crippen LogP contribution in [0.4, 0.5) is 0 Å². The summed E-state index contributed by atoms with van der Waals surface area (Å²) >= 11 is 0. The summed E-state index contributed by atoms with van der Waals surface area (Å²) < 4.78 is 29.3. The van der Waals surface area contributed by atoms with Crippen molar-refractivity contribution in [1.82, 2.24) is 4.90 Å². The van der Waals surface area contributed by atoms with Gasteiger partial charge in [-0.25, -0.2) is 8.42 Å². The van der Waals surface area contributed by atoms with Gasteiger partial charge in [0.25, 0.3) is 0 Å². The van der Waals surface area contributed by atoms with Gasteiger partial charge in [-0.05, 0) is 30.0 Å². The molecule has 20 heavy (non-hydrogen) atoms. The molecule has 0 spiro atoms. The van der Waals surface area contributed by atoms with Crippen LogP contribution in [0.5, 0.6) is 5.75 Å². The molecule has 1 heterocycles. The highest BCUT2D eigenvalue weighted by atomic mass is 32.2. The summed E-state index contributed by atoms with van der Waals surface area (Å²) in [7, 11) is -1.90. The molecule has 110 valence electrons. The van der Waals surface area contributed by atoms with Crippen molar-refractivity contribution in [2.75, 3.05) is 26.5 Å². The third kappa shape index (κ3) is 2.80. The van der Waals surface area contributed by atoms with E-state index in [4.69, 9.17) is 4.74 Å². The second-order valence-corrected chi connectivity index (χ2v) is 6.97. The molecule has 1 aromatic carbocycles. The summed E-state index contributed by atoms with van der Waals surface area (Å²) in [4.78, 5) is 13.5. The molecule has 0 N–H and O–H groups in total. The van der Waals surface area contributed by atoms with Crippen molar-refractivity contribution in [2.45, 2.75) is 24.7 Å². The number of methoxy groups -OCH3 is 1. The minimum absolute atomic E-state index is 0.0191. The zero-order valence-corrected chi connectivity index (χ0v) is 12.8. The van der Waals surface area contributed by atoms with E-state index >= 15 is 0 Å². The van der Waals surface area contributed by atoms with Crippen LogP contribution in [-0.2, 0) is 27.5 Å². The molecule has 0 aromatic heterocycles. The molecular formula is C14H19NO4S. The highest BCUT2D eigenvalue weighted by molar-refractivity contribution is 7.90. The van der Waals surface area contributed by atoms with Crippen LogP contribution in [0.15, 0.2) is 17.0 Å². The highest BCUT2D eigenvalue weighted by Crippen LogP contribution is 2.32. The Hall–Kier alpha value is -1.56. The van der Waals surface area contributed by atoms with Crippen molar-refractivity contribution < 1.29 is 17.9 Å². The van der Waals surface area contributed by atoms with Gasteiger partial charge in [0.1, 0.15) is 10.6 Å². The van der Waals surface area contributed by atoms with Crippen LogP contribution in [0, 0.1) is 0 Å². The molecule has 1 aromatic rings. The molecular weight excluding hydrogens is 278 g/mol. The van der Waals surface area contributed by atoms with Gasteiger partial charge in [-0.15, -0.1) is 0 Å². The zero-order valence-electron chi connectivity index (χ0n) is 12.0. The van der Waals surface area contributed by atoms with Gasteiger partial charge in [0.05, 0.1) is 7.11 Å². The maximum atomic E-state index is 12.1. The fourth-order valence-electron chi connectivity index (χ4n) is 2.65. The van der Waals surface area contributed by atoms with E-state index in [0.29, 0.717) is 31.7 Å². The van der Waals surface area contributed by atoms with Crippen LogP contribution in [0.2, 0.25) is 0 Å². The highest BCUT2D eigenvalue weighted by Gasteiger charge is 2.25. The molecule has 0 unspecified atom stereocenters. The van der Waals surface area contributed by atoms with E-state index in [1.807, 2.05) is 6.07 Å². The van der Waals surface area contributed by atoms with Gasteiger partial charge in [0, 0.05) is 26.3 Å². The summed E-state index contributed by atoms with van der Waals surface area (Å²) in [5, 5.41) is 0. The van der Waals surface area contributed by atoms with Crippen molar-refractivity contribution in [2.24, 2.45) is 0 Å². The van der Waals surface area contributed by atoms with Gasteiger partial charge >= 0.3 is 0 Å². The lowest BCUT2D eigenvalue weighted by Gasteiger charge is -2.17. The lowest BCUT2D eigenvalue weighted by Crippen LogP contribution is -2.31. The number of fused-ring (bicyclic) bond motifs is 1. The Kier molecular flexibility index (Phi) is 4.04. The van der Waals surface area contributed by atoms with Crippen LogP contribution >= 0.6 is 0 Å². The largest absolute Gasteiger partial charge is 0.495 e. The number of amides is 1. The lowest BCUT2D eigenvalue weighted by molar-refractivity contribution is -0.128. The molecule has 0 radical (unpaired) electrons. The molecule has 0 fully saturated rings. The van der Waals surface area contributed by atoms with E-state index in [9.17, 15) is 13.2 Å². The van der Waals surface area contributed by atoms with Gasteiger partial charge in [0.2, 0.25) is 5.91 Å². The monoisotopic (exact) mass is 297 g/mol. The van der Waals surface area contributed by atoms with E-state index in [1.54, 1.807) is 11.0 Å². The Morgan fingerprint density at radius 2 is 1.90 bits per heavy atom. The maximum absolute atomic E-state index is 12.1. The summed E-state index contributed by atoms with van der Waals surface area (Å²) in [5.74, 6) is 0.396. The Labute approximate surface area is 119 Å². The summed E-state index contributed by atoms with van der Waals surface area (Å²) in [6.07, 6.45) is 2.40. The maximum Gasteiger partial charge on any atom is 0.219 e. The van der Waals surface area contributed by atoms with Crippen LogP contribution in [0.25, 0.3) is 0 Å². The minimum atomic E-state index is -3.37. The zero-order chi connectivity index (χ0) is 14.9. The third-order valence-electron chi connectivity index (χ3n) is 3.64. The SMILES string of the molecule is COc1ccc2c(c1S(C)(=O)=O)CCN(C(C)=O)CC2. The molecule has 1 amide bonds. The van der Waals surface area contributed by atoms with Crippen molar-refractivity contribution in [3.05, 3.63) is 23.3 Å². The van der Waals surface area contributed by atoms with Gasteiger partial charge < -0.3 is 9.64 Å². The lowest BCUT2D eigenvalue weighted by atomic mass is 10.0. The predicted molar refractivity (Wildman–Crippen MR) is 75.8 cm³/mol. The first-order valence-electron chi connectivity index (χ1n) is 6.49. The number of carbonyl (C=O) groups is 1. The first kappa shape index (κ1) is 14.8. The van der Waals surface area contributed by atoms with Crippen LogP contribution < -0.4 is 4.74 Å². The fourth-order valence-corrected chi connectivity index (χ4v) is 3.85. The molecule has 0 bridgehead atoms. The molecule has 2 rings (SSSR count). The summed E-state index contributed by atoms with van der Waals surface area (Å²) in [6.45, 7) is 2.70. The number of benzene rings is 1. The first-order valence-corrected chi connectivity index (χ1v) is 8.38. The van der Waals surface area contributed by atoms with Crippen molar-refractivity contribution >= 4 is 15.7 Å².